The van der Waals surface area contributed by atoms with Crippen molar-refractivity contribution in [1.82, 2.24) is 9.80 Å². The lowest BCUT2D eigenvalue weighted by molar-refractivity contribution is 0.316. The second-order valence-electron chi connectivity index (χ2n) is 5.11. The van der Waals surface area contributed by atoms with Crippen molar-refractivity contribution < 1.29 is 0 Å². The number of aliphatic imine (C=N–C) groups is 1. The highest BCUT2D eigenvalue weighted by Gasteiger charge is 2.24. The van der Waals surface area contributed by atoms with Crippen LogP contribution in [0, 0.1) is 5.92 Å². The zero-order valence-electron chi connectivity index (χ0n) is 10.8. The molecule has 0 radical (unpaired) electrons. The van der Waals surface area contributed by atoms with E-state index in [4.69, 9.17) is 0 Å². The maximum atomic E-state index is 4.56. The van der Waals surface area contributed by atoms with Gasteiger partial charge in [-0.05, 0) is 25.7 Å². The molecule has 0 bridgehead atoms. The van der Waals surface area contributed by atoms with Gasteiger partial charge in [-0.15, -0.1) is 0 Å². The lowest BCUT2D eigenvalue weighted by Gasteiger charge is -2.29. The number of guanidine groups is 1. The summed E-state index contributed by atoms with van der Waals surface area (Å²) in [4.78, 5) is 9.12. The zero-order valence-corrected chi connectivity index (χ0v) is 10.8. The lowest BCUT2D eigenvalue weighted by atomic mass is 10.1. The largest absolute Gasteiger partial charge is 0.349 e. The van der Waals surface area contributed by atoms with Gasteiger partial charge in [0.15, 0.2) is 5.96 Å². The third-order valence-electron chi connectivity index (χ3n) is 2.87. The highest BCUT2D eigenvalue weighted by Crippen LogP contribution is 2.14. The van der Waals surface area contributed by atoms with Crippen molar-refractivity contribution in [3.05, 3.63) is 0 Å². The summed E-state index contributed by atoms with van der Waals surface area (Å²) in [6, 6.07) is 0.578. The van der Waals surface area contributed by atoms with Crippen LogP contribution in [-0.4, -0.2) is 49.0 Å². The molecule has 0 saturated heterocycles. The van der Waals surface area contributed by atoms with Crippen LogP contribution >= 0.6 is 0 Å². The first kappa shape index (κ1) is 12.3. The molecule has 1 aliphatic rings. The van der Waals surface area contributed by atoms with E-state index in [0.29, 0.717) is 6.04 Å². The van der Waals surface area contributed by atoms with Gasteiger partial charge in [0.2, 0.25) is 0 Å². The van der Waals surface area contributed by atoms with E-state index >= 15 is 0 Å². The minimum atomic E-state index is 0.578. The fraction of sp³-hybridized carbons (Fsp3) is 0.917. The Morgan fingerprint density at radius 3 is 2.67 bits per heavy atom. The summed E-state index contributed by atoms with van der Waals surface area (Å²) in [7, 11) is 4.15. The zero-order chi connectivity index (χ0) is 11.4. The van der Waals surface area contributed by atoms with Crippen molar-refractivity contribution in [1.29, 1.82) is 0 Å². The molecule has 15 heavy (non-hydrogen) atoms. The van der Waals surface area contributed by atoms with Crippen LogP contribution in [0.4, 0.5) is 0 Å². The van der Waals surface area contributed by atoms with Gasteiger partial charge in [-0.2, -0.15) is 0 Å². The number of hydrogen-bond acceptors (Lipinski definition) is 3. The van der Waals surface area contributed by atoms with E-state index in [9.17, 15) is 0 Å². The summed E-state index contributed by atoms with van der Waals surface area (Å²) < 4.78 is 0. The van der Waals surface area contributed by atoms with Gasteiger partial charge >= 0.3 is 0 Å². The maximum absolute atomic E-state index is 4.56. The van der Waals surface area contributed by atoms with Crippen LogP contribution in [0.1, 0.15) is 33.6 Å². The van der Waals surface area contributed by atoms with E-state index in [-0.39, 0.29) is 0 Å². The molecule has 0 unspecified atom stereocenters. The van der Waals surface area contributed by atoms with Crippen LogP contribution in [-0.2, 0) is 0 Å². The Morgan fingerprint density at radius 2 is 2.13 bits per heavy atom. The van der Waals surface area contributed by atoms with Gasteiger partial charge in [-0.1, -0.05) is 13.8 Å². The second-order valence-corrected chi connectivity index (χ2v) is 5.11. The van der Waals surface area contributed by atoms with Gasteiger partial charge in [-0.25, -0.2) is 0 Å². The molecule has 0 spiro atoms. The van der Waals surface area contributed by atoms with Crippen molar-refractivity contribution in [3.8, 4) is 0 Å². The smallest absolute Gasteiger partial charge is 0.196 e. The van der Waals surface area contributed by atoms with Crippen molar-refractivity contribution >= 4 is 5.96 Å². The molecule has 0 N–H and O–H groups in total. The topological polar surface area (TPSA) is 18.8 Å². The van der Waals surface area contributed by atoms with Crippen LogP contribution in [0.5, 0.6) is 0 Å². The van der Waals surface area contributed by atoms with Crippen molar-refractivity contribution in [2.75, 3.05) is 27.2 Å². The highest BCUT2D eigenvalue weighted by atomic mass is 15.4. The average Bonchev–Trinajstić information content (AvgIpc) is 2.47. The fourth-order valence-electron chi connectivity index (χ4n) is 1.99. The minimum absolute atomic E-state index is 0.578. The van der Waals surface area contributed by atoms with E-state index in [0.717, 1.165) is 25.0 Å². The van der Waals surface area contributed by atoms with Crippen molar-refractivity contribution in [3.63, 3.8) is 0 Å². The third kappa shape index (κ3) is 3.40. The van der Waals surface area contributed by atoms with Crippen LogP contribution < -0.4 is 0 Å². The molecule has 88 valence electrons. The number of hydrogen-bond donors (Lipinski definition) is 0. The van der Waals surface area contributed by atoms with Gasteiger partial charge < -0.3 is 9.80 Å². The van der Waals surface area contributed by atoms with Gasteiger partial charge in [0.25, 0.3) is 0 Å². The van der Waals surface area contributed by atoms with Crippen LogP contribution in [0.15, 0.2) is 4.99 Å². The molecule has 1 heterocycles. The third-order valence-corrected chi connectivity index (χ3v) is 2.87. The van der Waals surface area contributed by atoms with Gasteiger partial charge in [0.05, 0.1) is 6.54 Å². The van der Waals surface area contributed by atoms with Crippen LogP contribution in [0.2, 0.25) is 0 Å². The standard InChI is InChI=1S/C12H25N3/c1-10(2)7-6-8-15-11(3)9-13-12(15)14(4)5/h10-11H,6-9H2,1-5H3/t11-/m0/s1. The normalized spacial score (nSPS) is 21.1. The molecule has 0 aromatic rings. The summed E-state index contributed by atoms with van der Waals surface area (Å²) in [5, 5.41) is 0. The molecule has 1 rings (SSSR count). The molecule has 1 aliphatic heterocycles. The monoisotopic (exact) mass is 211 g/mol. The van der Waals surface area contributed by atoms with E-state index in [1.165, 1.54) is 12.8 Å². The number of rotatable bonds is 4. The lowest BCUT2D eigenvalue weighted by Crippen LogP contribution is -2.42. The summed E-state index contributed by atoms with van der Waals surface area (Å²) in [6.45, 7) is 8.93. The Labute approximate surface area is 94.2 Å². The Kier molecular flexibility index (Phi) is 4.43. The maximum Gasteiger partial charge on any atom is 0.196 e. The molecule has 3 nitrogen and oxygen atoms in total. The first-order chi connectivity index (χ1) is 7.02. The molecule has 0 saturated carbocycles. The molecule has 0 fully saturated rings. The first-order valence-electron chi connectivity index (χ1n) is 6.00. The molecular weight excluding hydrogens is 186 g/mol. The van der Waals surface area contributed by atoms with Crippen molar-refractivity contribution in [2.45, 2.75) is 39.7 Å². The second kappa shape index (κ2) is 5.38. The van der Waals surface area contributed by atoms with Crippen molar-refractivity contribution in [2.24, 2.45) is 10.9 Å². The Bertz CT molecular complexity index is 221. The quantitative estimate of drug-likeness (QED) is 0.708. The molecule has 0 aromatic heterocycles. The fourth-order valence-corrected chi connectivity index (χ4v) is 1.99. The van der Waals surface area contributed by atoms with Gasteiger partial charge in [0, 0.05) is 26.7 Å². The Morgan fingerprint density at radius 1 is 1.47 bits per heavy atom. The van der Waals surface area contributed by atoms with E-state index < -0.39 is 0 Å². The predicted molar refractivity (Wildman–Crippen MR) is 66.2 cm³/mol. The molecule has 0 aromatic carbocycles. The summed E-state index contributed by atoms with van der Waals surface area (Å²) in [6.07, 6.45) is 2.58. The predicted octanol–water partition coefficient (Wildman–Crippen LogP) is 2.04. The molecule has 0 amide bonds. The Balaban J connectivity index is 2.41. The summed E-state index contributed by atoms with van der Waals surface area (Å²) in [5.74, 6) is 1.97. The van der Waals surface area contributed by atoms with Crippen LogP contribution in [0.25, 0.3) is 0 Å². The van der Waals surface area contributed by atoms with E-state index in [1.54, 1.807) is 0 Å². The first-order valence-corrected chi connectivity index (χ1v) is 6.00. The molecule has 1 atom stereocenters. The van der Waals surface area contributed by atoms with Gasteiger partial charge in [0.1, 0.15) is 0 Å². The minimum Gasteiger partial charge on any atom is -0.349 e. The molecule has 0 aliphatic carbocycles. The molecule has 3 heteroatoms. The van der Waals surface area contributed by atoms with Gasteiger partial charge in [-0.3, -0.25) is 4.99 Å². The summed E-state index contributed by atoms with van der Waals surface area (Å²) in [5.41, 5.74) is 0. The van der Waals surface area contributed by atoms with E-state index in [2.05, 4.69) is 49.7 Å². The number of nitrogens with zero attached hydrogens (tertiary/aromatic N) is 3. The van der Waals surface area contributed by atoms with Crippen LogP contribution in [0.3, 0.4) is 0 Å². The highest BCUT2D eigenvalue weighted by molar-refractivity contribution is 5.81. The average molecular weight is 211 g/mol. The van der Waals surface area contributed by atoms with E-state index in [1.807, 2.05) is 0 Å². The summed E-state index contributed by atoms with van der Waals surface area (Å²) >= 11 is 0. The Hall–Kier alpha value is -0.730. The SMILES string of the molecule is CC(C)CCCN1C(N(C)C)=NC[C@@H]1C. The molecular formula is C12H25N3.